The Hall–Kier alpha value is -3.66. The van der Waals surface area contributed by atoms with E-state index in [9.17, 15) is 22.8 Å². The van der Waals surface area contributed by atoms with Gasteiger partial charge in [0.15, 0.2) is 5.13 Å². The first-order valence-electron chi connectivity index (χ1n) is 9.15. The third-order valence-corrected chi connectivity index (χ3v) is 4.96. The molecule has 0 radical (unpaired) electrons. The van der Waals surface area contributed by atoms with Gasteiger partial charge in [0, 0.05) is 18.4 Å². The number of hydrogen-bond acceptors (Lipinski definition) is 6. The van der Waals surface area contributed by atoms with Gasteiger partial charge < -0.3 is 9.47 Å². The van der Waals surface area contributed by atoms with Crippen LogP contribution in [-0.2, 0) is 15.8 Å². The van der Waals surface area contributed by atoms with Gasteiger partial charge in [0.2, 0.25) is 5.91 Å². The van der Waals surface area contributed by atoms with Crippen molar-refractivity contribution in [3.63, 3.8) is 0 Å². The monoisotopic (exact) mass is 462 g/mol. The molecule has 10 heteroatoms. The summed E-state index contributed by atoms with van der Waals surface area (Å²) in [7, 11) is 1.52. The van der Waals surface area contributed by atoms with Crippen molar-refractivity contribution in [2.24, 2.45) is 0 Å². The SMILES string of the molecule is COc1ccc(OC(=O)/C=C/c2csc(N(C(C)=O)c3cccc(C(F)(F)F)c3)n2)cc1. The molecule has 0 aliphatic heterocycles. The van der Waals surface area contributed by atoms with Crippen molar-refractivity contribution in [2.75, 3.05) is 12.0 Å². The van der Waals surface area contributed by atoms with Gasteiger partial charge in [-0.05, 0) is 48.5 Å². The van der Waals surface area contributed by atoms with Crippen LogP contribution in [0.3, 0.4) is 0 Å². The zero-order valence-corrected chi connectivity index (χ0v) is 17.7. The van der Waals surface area contributed by atoms with Crippen LogP contribution in [0.4, 0.5) is 24.0 Å². The molecule has 0 N–H and O–H groups in total. The van der Waals surface area contributed by atoms with Crippen molar-refractivity contribution < 1.29 is 32.2 Å². The van der Waals surface area contributed by atoms with Crippen molar-refractivity contribution in [2.45, 2.75) is 13.1 Å². The molecule has 1 heterocycles. The molecule has 3 aromatic rings. The second kappa shape index (κ2) is 9.65. The molecule has 0 aliphatic carbocycles. The smallest absolute Gasteiger partial charge is 0.416 e. The number of benzene rings is 2. The number of anilines is 2. The van der Waals surface area contributed by atoms with Crippen molar-refractivity contribution in [1.29, 1.82) is 0 Å². The predicted octanol–water partition coefficient (Wildman–Crippen LogP) is 5.47. The van der Waals surface area contributed by atoms with E-state index in [1.54, 1.807) is 29.6 Å². The Balaban J connectivity index is 1.75. The Bertz CT molecular complexity index is 1140. The number of thiazole rings is 1. The number of esters is 1. The Morgan fingerprint density at radius 1 is 1.09 bits per heavy atom. The van der Waals surface area contributed by atoms with Crippen LogP contribution in [0.1, 0.15) is 18.2 Å². The van der Waals surface area contributed by atoms with E-state index in [-0.39, 0.29) is 10.8 Å². The summed E-state index contributed by atoms with van der Waals surface area (Å²) < 4.78 is 49.3. The zero-order chi connectivity index (χ0) is 23.3. The largest absolute Gasteiger partial charge is 0.497 e. The Morgan fingerprint density at radius 3 is 2.41 bits per heavy atom. The highest BCUT2D eigenvalue weighted by Crippen LogP contribution is 2.35. The van der Waals surface area contributed by atoms with Crippen LogP contribution in [0.2, 0.25) is 0 Å². The quantitative estimate of drug-likeness (QED) is 0.276. The fraction of sp³-hybridized carbons (Fsp3) is 0.136. The lowest BCUT2D eigenvalue weighted by Gasteiger charge is -2.19. The van der Waals surface area contributed by atoms with Gasteiger partial charge in [-0.1, -0.05) is 6.07 Å². The third-order valence-electron chi connectivity index (χ3n) is 4.12. The number of alkyl halides is 3. The molecule has 3 rings (SSSR count). The van der Waals surface area contributed by atoms with Crippen LogP contribution in [0.25, 0.3) is 6.08 Å². The molecule has 0 atom stereocenters. The molecular formula is C22H17F3N2O4S. The average molecular weight is 462 g/mol. The van der Waals surface area contributed by atoms with Crippen molar-refractivity contribution in [3.8, 4) is 11.5 Å². The van der Waals surface area contributed by atoms with E-state index >= 15 is 0 Å². The molecule has 166 valence electrons. The van der Waals surface area contributed by atoms with E-state index in [2.05, 4.69) is 4.98 Å². The van der Waals surface area contributed by atoms with Gasteiger partial charge in [0.1, 0.15) is 11.5 Å². The first-order chi connectivity index (χ1) is 15.2. The number of amides is 1. The maximum atomic E-state index is 13.0. The van der Waals surface area contributed by atoms with Crippen LogP contribution in [0.15, 0.2) is 60.0 Å². The Labute approximate surface area is 185 Å². The van der Waals surface area contributed by atoms with E-state index in [0.717, 1.165) is 34.4 Å². The number of carbonyl (C=O) groups is 2. The van der Waals surface area contributed by atoms with E-state index in [1.165, 1.54) is 32.2 Å². The first-order valence-corrected chi connectivity index (χ1v) is 10.0. The molecule has 0 fully saturated rings. The lowest BCUT2D eigenvalue weighted by atomic mass is 10.2. The van der Waals surface area contributed by atoms with Gasteiger partial charge in [-0.2, -0.15) is 13.2 Å². The predicted molar refractivity (Wildman–Crippen MR) is 114 cm³/mol. The molecule has 0 aliphatic rings. The summed E-state index contributed by atoms with van der Waals surface area (Å²) in [6.07, 6.45) is -2.00. The van der Waals surface area contributed by atoms with Gasteiger partial charge in [-0.25, -0.2) is 9.78 Å². The lowest BCUT2D eigenvalue weighted by Crippen LogP contribution is -2.23. The lowest BCUT2D eigenvalue weighted by molar-refractivity contribution is -0.137. The molecular weight excluding hydrogens is 445 g/mol. The second-order valence-corrected chi connectivity index (χ2v) is 7.22. The Kier molecular flexibility index (Phi) is 6.94. The summed E-state index contributed by atoms with van der Waals surface area (Å²) in [4.78, 5) is 29.5. The molecule has 0 unspecified atom stereocenters. The average Bonchev–Trinajstić information content (AvgIpc) is 3.21. The number of carbonyl (C=O) groups excluding carboxylic acids is 2. The molecule has 6 nitrogen and oxygen atoms in total. The zero-order valence-electron chi connectivity index (χ0n) is 16.9. The minimum Gasteiger partial charge on any atom is -0.497 e. The topological polar surface area (TPSA) is 68.7 Å². The molecule has 0 saturated heterocycles. The summed E-state index contributed by atoms with van der Waals surface area (Å²) in [6, 6.07) is 10.8. The third kappa shape index (κ3) is 5.73. The maximum absolute atomic E-state index is 13.0. The van der Waals surface area contributed by atoms with E-state index in [1.807, 2.05) is 0 Å². The molecule has 0 bridgehead atoms. The molecule has 0 saturated carbocycles. The van der Waals surface area contributed by atoms with Gasteiger partial charge in [0.25, 0.3) is 0 Å². The summed E-state index contributed by atoms with van der Waals surface area (Å²) >= 11 is 1.05. The fourth-order valence-corrected chi connectivity index (χ4v) is 3.51. The Morgan fingerprint density at radius 2 is 1.78 bits per heavy atom. The number of rotatable bonds is 6. The van der Waals surface area contributed by atoms with E-state index < -0.39 is 23.6 Å². The molecule has 32 heavy (non-hydrogen) atoms. The molecule has 2 aromatic carbocycles. The van der Waals surface area contributed by atoms with E-state index in [4.69, 9.17) is 9.47 Å². The van der Waals surface area contributed by atoms with Crippen LogP contribution >= 0.6 is 11.3 Å². The summed E-state index contributed by atoms with van der Waals surface area (Å²) in [5, 5.41) is 1.73. The highest BCUT2D eigenvalue weighted by Gasteiger charge is 2.31. The number of ether oxygens (including phenoxy) is 2. The molecule has 1 amide bonds. The van der Waals surface area contributed by atoms with Gasteiger partial charge in [0.05, 0.1) is 24.1 Å². The molecule has 0 spiro atoms. The van der Waals surface area contributed by atoms with Crippen LogP contribution in [0.5, 0.6) is 11.5 Å². The number of methoxy groups -OCH3 is 1. The minimum absolute atomic E-state index is 0.0381. The highest BCUT2D eigenvalue weighted by molar-refractivity contribution is 7.14. The number of nitrogens with zero attached hydrogens (tertiary/aromatic N) is 2. The van der Waals surface area contributed by atoms with Gasteiger partial charge >= 0.3 is 12.1 Å². The van der Waals surface area contributed by atoms with Crippen LogP contribution < -0.4 is 14.4 Å². The van der Waals surface area contributed by atoms with E-state index in [0.29, 0.717) is 17.2 Å². The second-order valence-electron chi connectivity index (χ2n) is 6.39. The van der Waals surface area contributed by atoms with Gasteiger partial charge in [-0.15, -0.1) is 11.3 Å². The van der Waals surface area contributed by atoms with Crippen molar-refractivity contribution in [1.82, 2.24) is 4.98 Å². The minimum atomic E-state index is -4.54. The summed E-state index contributed by atoms with van der Waals surface area (Å²) in [5.74, 6) is -0.211. The summed E-state index contributed by atoms with van der Waals surface area (Å²) in [6.45, 7) is 1.23. The molecule has 1 aromatic heterocycles. The van der Waals surface area contributed by atoms with Crippen molar-refractivity contribution >= 4 is 40.1 Å². The maximum Gasteiger partial charge on any atom is 0.416 e. The first kappa shape index (κ1) is 23.0. The standard InChI is InChI=1S/C22H17F3N2O4S/c1-14(28)27(17-5-3-4-15(12-17)22(23,24)25)21-26-16(13-32-21)6-11-20(29)31-19-9-7-18(30-2)8-10-19/h3-13H,1-2H3/b11-6+. The number of halogens is 3. The van der Waals surface area contributed by atoms with Crippen molar-refractivity contribution in [3.05, 3.63) is 71.2 Å². The number of hydrogen-bond donors (Lipinski definition) is 0. The van der Waals surface area contributed by atoms with Crippen LogP contribution in [-0.4, -0.2) is 24.0 Å². The highest BCUT2D eigenvalue weighted by atomic mass is 32.1. The summed E-state index contributed by atoms with van der Waals surface area (Å²) in [5.41, 5.74) is -0.495. The normalized spacial score (nSPS) is 11.4. The fourth-order valence-electron chi connectivity index (χ4n) is 2.65. The van der Waals surface area contributed by atoms with Crippen LogP contribution in [0, 0.1) is 0 Å². The van der Waals surface area contributed by atoms with Gasteiger partial charge in [-0.3, -0.25) is 9.69 Å². The number of aromatic nitrogens is 1.